The Morgan fingerprint density at radius 1 is 1.18 bits per heavy atom. The molecule has 0 unspecified atom stereocenters. The summed E-state index contributed by atoms with van der Waals surface area (Å²) >= 11 is 0. The minimum atomic E-state index is -0.735. The maximum absolute atomic E-state index is 12.1. The fourth-order valence-electron chi connectivity index (χ4n) is 1.37. The average Bonchev–Trinajstić information content (AvgIpc) is 2.27. The number of hydrogen-bond donors (Lipinski definition) is 0. The van der Waals surface area contributed by atoms with E-state index in [1.54, 1.807) is 39.0 Å². The van der Waals surface area contributed by atoms with Crippen molar-refractivity contribution in [2.75, 3.05) is 0 Å². The highest BCUT2D eigenvalue weighted by Crippen LogP contribution is 2.23. The number of amides is 1. The Morgan fingerprint density at radius 2 is 1.71 bits per heavy atom. The molecule has 0 aromatic heterocycles. The van der Waals surface area contributed by atoms with Gasteiger partial charge in [-0.05, 0) is 10.6 Å². The molecular weight excluding hydrogens is 218 g/mol. The molecule has 0 radical (unpaired) electrons. The summed E-state index contributed by atoms with van der Waals surface area (Å²) in [6.07, 6.45) is 0. The molecule has 0 N–H and O–H groups in total. The Morgan fingerprint density at radius 3 is 2.18 bits per heavy atom. The predicted molar refractivity (Wildman–Crippen MR) is 63.7 cm³/mol. The van der Waals surface area contributed by atoms with E-state index in [-0.39, 0.29) is 16.9 Å². The number of azide groups is 1. The van der Waals surface area contributed by atoms with Crippen LogP contribution >= 0.6 is 0 Å². The van der Waals surface area contributed by atoms with E-state index in [0.29, 0.717) is 0 Å². The summed E-state index contributed by atoms with van der Waals surface area (Å²) in [5.74, 6) is -0.893. The molecule has 0 saturated carbocycles. The maximum Gasteiger partial charge on any atom is 0.249 e. The predicted octanol–water partition coefficient (Wildman–Crippen LogP) is 3.37. The zero-order valence-electron chi connectivity index (χ0n) is 9.97. The highest BCUT2D eigenvalue weighted by molar-refractivity contribution is 6.10. The maximum atomic E-state index is 12.1. The first-order chi connectivity index (χ1) is 7.88. The van der Waals surface area contributed by atoms with Gasteiger partial charge in [0.05, 0.1) is 0 Å². The topological polar surface area (TPSA) is 82.9 Å². The molecule has 0 spiro atoms. The van der Waals surface area contributed by atoms with Gasteiger partial charge in [0.25, 0.3) is 0 Å². The molecule has 0 saturated heterocycles. The normalized spacial score (nSPS) is 10.5. The molecule has 17 heavy (non-hydrogen) atoms. The summed E-state index contributed by atoms with van der Waals surface area (Å²) in [4.78, 5) is 26.1. The zero-order valence-corrected chi connectivity index (χ0v) is 9.97. The van der Waals surface area contributed by atoms with E-state index in [2.05, 4.69) is 10.0 Å². The van der Waals surface area contributed by atoms with Crippen molar-refractivity contribution in [3.05, 3.63) is 45.8 Å². The van der Waals surface area contributed by atoms with Crippen LogP contribution in [0.3, 0.4) is 0 Å². The fraction of sp³-hybridized carbons (Fsp3) is 0.333. The summed E-state index contributed by atoms with van der Waals surface area (Å²) in [6, 6.07) is 6.34. The van der Waals surface area contributed by atoms with Crippen LogP contribution in [0.4, 0.5) is 0 Å². The van der Waals surface area contributed by atoms with Gasteiger partial charge in [0.2, 0.25) is 5.91 Å². The van der Waals surface area contributed by atoms with Crippen LogP contribution in [0.25, 0.3) is 10.4 Å². The number of rotatable bonds is 2. The van der Waals surface area contributed by atoms with Crippen molar-refractivity contribution < 1.29 is 9.59 Å². The molecule has 0 aliphatic carbocycles. The molecule has 0 aliphatic rings. The van der Waals surface area contributed by atoms with Crippen molar-refractivity contribution in [3.8, 4) is 0 Å². The summed E-state index contributed by atoms with van der Waals surface area (Å²) in [7, 11) is 0. The standard InChI is InChI=1S/C12H13N3O2/c1-12(2,3)10(16)8-6-4-5-7-9(8)11(17)14-15-13/h4-7H,1-3H3. The lowest BCUT2D eigenvalue weighted by Gasteiger charge is -2.17. The van der Waals surface area contributed by atoms with Crippen LogP contribution in [-0.2, 0) is 0 Å². The average molecular weight is 231 g/mol. The minimum absolute atomic E-state index is 0.144. The molecule has 1 aromatic carbocycles. The summed E-state index contributed by atoms with van der Waals surface area (Å²) in [5, 5.41) is 3.01. The van der Waals surface area contributed by atoms with Gasteiger partial charge < -0.3 is 0 Å². The third-order valence-electron chi connectivity index (χ3n) is 2.22. The van der Waals surface area contributed by atoms with Crippen LogP contribution in [0.1, 0.15) is 41.5 Å². The van der Waals surface area contributed by atoms with E-state index in [1.807, 2.05) is 0 Å². The molecular formula is C12H13N3O2. The molecule has 1 aromatic rings. The lowest BCUT2D eigenvalue weighted by molar-refractivity contribution is 0.0851. The molecule has 5 heteroatoms. The second-order valence-corrected chi connectivity index (χ2v) is 4.62. The van der Waals surface area contributed by atoms with Gasteiger partial charge in [-0.15, -0.1) is 0 Å². The summed E-state index contributed by atoms with van der Waals surface area (Å²) in [5.41, 5.74) is 8.08. The molecule has 1 rings (SSSR count). The molecule has 0 heterocycles. The molecule has 0 atom stereocenters. The smallest absolute Gasteiger partial charge is 0.249 e. The lowest BCUT2D eigenvalue weighted by atomic mass is 9.84. The fourth-order valence-corrected chi connectivity index (χ4v) is 1.37. The quantitative estimate of drug-likeness (QED) is 0.338. The number of Topliss-reactive ketones (excluding diaryl/α,β-unsaturated/α-hetero) is 1. The van der Waals surface area contributed by atoms with Crippen LogP contribution in [-0.4, -0.2) is 11.7 Å². The zero-order chi connectivity index (χ0) is 13.1. The monoisotopic (exact) mass is 231 g/mol. The Balaban J connectivity index is 3.31. The van der Waals surface area contributed by atoms with E-state index in [1.165, 1.54) is 6.07 Å². The second kappa shape index (κ2) is 4.80. The number of carbonyl (C=O) groups excluding carboxylic acids is 2. The number of carbonyl (C=O) groups is 2. The van der Waals surface area contributed by atoms with Crippen LogP contribution in [0.2, 0.25) is 0 Å². The van der Waals surface area contributed by atoms with Crippen molar-refractivity contribution >= 4 is 11.7 Å². The first kappa shape index (κ1) is 12.9. The third kappa shape index (κ3) is 2.92. The van der Waals surface area contributed by atoms with Crippen molar-refractivity contribution in [1.82, 2.24) is 0 Å². The van der Waals surface area contributed by atoms with Crippen molar-refractivity contribution in [2.45, 2.75) is 20.8 Å². The van der Waals surface area contributed by atoms with Gasteiger partial charge in [0.1, 0.15) is 0 Å². The van der Waals surface area contributed by atoms with E-state index in [9.17, 15) is 9.59 Å². The van der Waals surface area contributed by atoms with Gasteiger partial charge in [0.15, 0.2) is 5.78 Å². The van der Waals surface area contributed by atoms with Crippen LogP contribution in [0, 0.1) is 5.41 Å². The molecule has 0 fully saturated rings. The molecule has 1 amide bonds. The van der Waals surface area contributed by atoms with Crippen molar-refractivity contribution in [2.24, 2.45) is 10.5 Å². The van der Waals surface area contributed by atoms with E-state index < -0.39 is 11.3 Å². The van der Waals surface area contributed by atoms with Gasteiger partial charge in [-0.1, -0.05) is 45.0 Å². The summed E-state index contributed by atoms with van der Waals surface area (Å²) in [6.45, 7) is 5.30. The van der Waals surface area contributed by atoms with E-state index >= 15 is 0 Å². The highest BCUT2D eigenvalue weighted by Gasteiger charge is 2.26. The third-order valence-corrected chi connectivity index (χ3v) is 2.22. The van der Waals surface area contributed by atoms with Crippen LogP contribution < -0.4 is 0 Å². The van der Waals surface area contributed by atoms with Crippen molar-refractivity contribution in [3.63, 3.8) is 0 Å². The van der Waals surface area contributed by atoms with Gasteiger partial charge in [-0.25, -0.2) is 0 Å². The minimum Gasteiger partial charge on any atom is -0.294 e. The number of ketones is 1. The number of nitrogens with zero attached hydrogens (tertiary/aromatic N) is 3. The van der Waals surface area contributed by atoms with Gasteiger partial charge in [-0.3, -0.25) is 9.59 Å². The highest BCUT2D eigenvalue weighted by atomic mass is 16.2. The largest absolute Gasteiger partial charge is 0.294 e. The Labute approximate surface area is 99.1 Å². The van der Waals surface area contributed by atoms with Gasteiger partial charge in [0, 0.05) is 21.5 Å². The SMILES string of the molecule is CC(C)(C)C(=O)c1ccccc1C(=O)N=[N+]=[N-]. The molecule has 5 nitrogen and oxygen atoms in total. The van der Waals surface area contributed by atoms with Crippen LogP contribution in [0.5, 0.6) is 0 Å². The summed E-state index contributed by atoms with van der Waals surface area (Å²) < 4.78 is 0. The molecule has 0 aliphatic heterocycles. The number of hydrogen-bond acceptors (Lipinski definition) is 2. The van der Waals surface area contributed by atoms with Crippen LogP contribution in [0.15, 0.2) is 29.4 Å². The first-order valence-corrected chi connectivity index (χ1v) is 5.11. The van der Waals surface area contributed by atoms with Gasteiger partial charge >= 0.3 is 0 Å². The number of benzene rings is 1. The van der Waals surface area contributed by atoms with Crippen molar-refractivity contribution in [1.29, 1.82) is 0 Å². The lowest BCUT2D eigenvalue weighted by Crippen LogP contribution is -2.22. The Hall–Kier alpha value is -2.13. The van der Waals surface area contributed by atoms with E-state index in [4.69, 9.17) is 5.53 Å². The Kier molecular flexibility index (Phi) is 3.66. The van der Waals surface area contributed by atoms with Gasteiger partial charge in [-0.2, -0.15) is 0 Å². The Bertz CT molecular complexity index is 509. The first-order valence-electron chi connectivity index (χ1n) is 5.11. The second-order valence-electron chi connectivity index (χ2n) is 4.62. The van der Waals surface area contributed by atoms with E-state index in [0.717, 1.165) is 0 Å². The molecule has 0 bridgehead atoms. The molecule has 88 valence electrons.